The van der Waals surface area contributed by atoms with Gasteiger partial charge < -0.3 is 20.8 Å². The van der Waals surface area contributed by atoms with Gasteiger partial charge in [-0.1, -0.05) is 0 Å². The highest BCUT2D eigenvalue weighted by atomic mass is 32.1. The smallest absolute Gasteiger partial charge is 0.339 e. The van der Waals surface area contributed by atoms with E-state index < -0.39 is 17.5 Å². The van der Waals surface area contributed by atoms with Gasteiger partial charge in [-0.05, 0) is 63.5 Å². The Hall–Kier alpha value is -2.72. The van der Waals surface area contributed by atoms with Gasteiger partial charge in [-0.2, -0.15) is 0 Å². The van der Waals surface area contributed by atoms with Crippen LogP contribution in [0.25, 0.3) is 0 Å². The number of carboxylic acid groups (broad SMARTS) is 2. The Labute approximate surface area is 199 Å². The van der Waals surface area contributed by atoms with Crippen molar-refractivity contribution in [2.45, 2.75) is 70.8 Å². The zero-order valence-electron chi connectivity index (χ0n) is 18.5. The molecule has 2 aromatic rings. The zero-order chi connectivity index (χ0) is 23.9. The van der Waals surface area contributed by atoms with Gasteiger partial charge in [0, 0.05) is 26.6 Å². The Morgan fingerprint density at radius 2 is 1.42 bits per heavy atom. The molecule has 2 aliphatic carbocycles. The number of fused-ring (bicyclic) bond motifs is 2. The van der Waals surface area contributed by atoms with E-state index >= 15 is 0 Å². The summed E-state index contributed by atoms with van der Waals surface area (Å²) in [7, 11) is 0. The van der Waals surface area contributed by atoms with E-state index in [1.165, 1.54) is 22.7 Å². The van der Waals surface area contributed by atoms with Crippen molar-refractivity contribution in [1.82, 2.24) is 5.32 Å². The highest BCUT2D eigenvalue weighted by Gasteiger charge is 2.31. The van der Waals surface area contributed by atoms with Crippen LogP contribution in [-0.2, 0) is 41.7 Å². The molecule has 10 heteroatoms. The minimum atomic E-state index is -1.05. The van der Waals surface area contributed by atoms with Gasteiger partial charge in [-0.15, -0.1) is 22.7 Å². The Morgan fingerprint density at radius 1 is 0.848 bits per heavy atom. The van der Waals surface area contributed by atoms with Crippen molar-refractivity contribution in [3.8, 4) is 0 Å². The van der Waals surface area contributed by atoms with Crippen LogP contribution in [0.5, 0.6) is 0 Å². The monoisotopic (exact) mass is 490 g/mol. The summed E-state index contributed by atoms with van der Waals surface area (Å²) >= 11 is 2.70. The molecule has 8 nitrogen and oxygen atoms in total. The first-order valence-electron chi connectivity index (χ1n) is 10.9. The third-order valence-corrected chi connectivity index (χ3v) is 8.50. The largest absolute Gasteiger partial charge is 0.478 e. The number of rotatable bonds is 8. The van der Waals surface area contributed by atoms with E-state index in [1.807, 2.05) is 0 Å². The summed E-state index contributed by atoms with van der Waals surface area (Å²) < 4.78 is 0. The molecule has 2 aromatic heterocycles. The van der Waals surface area contributed by atoms with Crippen LogP contribution in [0.3, 0.4) is 0 Å². The van der Waals surface area contributed by atoms with Gasteiger partial charge in [-0.3, -0.25) is 9.59 Å². The van der Waals surface area contributed by atoms with Gasteiger partial charge in [0.25, 0.3) is 0 Å². The van der Waals surface area contributed by atoms with Crippen molar-refractivity contribution in [3.63, 3.8) is 0 Å². The molecule has 0 spiro atoms. The number of thiophene rings is 2. The second kappa shape index (κ2) is 8.90. The number of hydrogen-bond acceptors (Lipinski definition) is 6. The second-order valence-corrected chi connectivity index (χ2v) is 11.5. The number of aryl methyl sites for hydroxylation is 2. The van der Waals surface area contributed by atoms with E-state index in [0.29, 0.717) is 16.3 Å². The predicted octanol–water partition coefficient (Wildman–Crippen LogP) is 3.65. The van der Waals surface area contributed by atoms with Gasteiger partial charge in [-0.25, -0.2) is 9.59 Å². The molecule has 4 rings (SSSR count). The molecule has 0 saturated heterocycles. The molecule has 2 heterocycles. The number of carbonyl (C=O) groups is 4. The number of carbonyl (C=O) groups excluding carboxylic acids is 2. The van der Waals surface area contributed by atoms with Crippen LogP contribution < -0.4 is 10.6 Å². The maximum Gasteiger partial charge on any atom is 0.339 e. The predicted molar refractivity (Wildman–Crippen MR) is 126 cm³/mol. The zero-order valence-corrected chi connectivity index (χ0v) is 20.1. The van der Waals surface area contributed by atoms with E-state index in [1.54, 1.807) is 13.8 Å². The molecular formula is C23H26N2O6S2. The van der Waals surface area contributed by atoms with E-state index in [9.17, 15) is 29.4 Å². The number of hydrogen-bond donors (Lipinski definition) is 4. The van der Waals surface area contributed by atoms with Crippen molar-refractivity contribution in [3.05, 3.63) is 36.9 Å². The summed E-state index contributed by atoms with van der Waals surface area (Å²) in [6.45, 7) is 3.42. The van der Waals surface area contributed by atoms with Crippen molar-refractivity contribution in [2.75, 3.05) is 5.32 Å². The molecule has 33 heavy (non-hydrogen) atoms. The molecule has 0 fully saturated rings. The second-order valence-electron chi connectivity index (χ2n) is 9.16. The Balaban J connectivity index is 1.40. The Bertz CT molecular complexity index is 1070. The first kappa shape index (κ1) is 23.4. The van der Waals surface area contributed by atoms with E-state index in [0.717, 1.165) is 53.0 Å². The molecular weight excluding hydrogens is 464 g/mol. The van der Waals surface area contributed by atoms with Crippen molar-refractivity contribution in [2.24, 2.45) is 0 Å². The quantitative estimate of drug-likeness (QED) is 0.446. The van der Waals surface area contributed by atoms with Crippen LogP contribution in [0.1, 0.15) is 79.6 Å². The van der Waals surface area contributed by atoms with E-state index in [-0.39, 0.29) is 35.8 Å². The van der Waals surface area contributed by atoms with E-state index in [2.05, 4.69) is 10.6 Å². The third-order valence-electron chi connectivity index (χ3n) is 6.00. The maximum atomic E-state index is 12.7. The number of aromatic carboxylic acids is 2. The molecule has 0 bridgehead atoms. The van der Waals surface area contributed by atoms with Gasteiger partial charge in [0.1, 0.15) is 5.00 Å². The minimum Gasteiger partial charge on any atom is -0.478 e. The normalized spacial score (nSPS) is 14.6. The molecule has 4 N–H and O–H groups in total. The topological polar surface area (TPSA) is 133 Å². The van der Waals surface area contributed by atoms with Crippen LogP contribution in [0.4, 0.5) is 5.00 Å². The lowest BCUT2D eigenvalue weighted by Gasteiger charge is -2.25. The van der Waals surface area contributed by atoms with Gasteiger partial charge in [0.15, 0.2) is 0 Å². The van der Waals surface area contributed by atoms with Gasteiger partial charge >= 0.3 is 11.9 Å². The molecule has 176 valence electrons. The Kier molecular flexibility index (Phi) is 6.32. The number of amides is 2. The molecule has 0 aliphatic heterocycles. The van der Waals surface area contributed by atoms with Crippen LogP contribution >= 0.6 is 22.7 Å². The number of nitrogens with one attached hydrogen (secondary N) is 2. The lowest BCUT2D eigenvalue weighted by Crippen LogP contribution is -2.46. The van der Waals surface area contributed by atoms with Crippen LogP contribution in [0, 0.1) is 0 Å². The first-order chi connectivity index (χ1) is 15.6. The SMILES string of the molecule is CC(C)(CC(=O)Nc1sc2c(c1C(=O)O)CCC2)NC(=O)Cc1sc2c(c1C(=O)O)CCC2. The van der Waals surface area contributed by atoms with Crippen LogP contribution in [0.15, 0.2) is 0 Å². The molecule has 0 radical (unpaired) electrons. The molecule has 0 unspecified atom stereocenters. The van der Waals surface area contributed by atoms with Crippen LogP contribution in [-0.4, -0.2) is 39.5 Å². The lowest BCUT2D eigenvalue weighted by atomic mass is 9.99. The average Bonchev–Trinajstić information content (AvgIpc) is 3.39. The summed E-state index contributed by atoms with van der Waals surface area (Å²) in [4.78, 5) is 51.4. The fourth-order valence-corrected chi connectivity index (χ4v) is 7.42. The van der Waals surface area contributed by atoms with Gasteiger partial charge in [0.05, 0.1) is 17.5 Å². The highest BCUT2D eigenvalue weighted by Crippen LogP contribution is 2.39. The van der Waals surface area contributed by atoms with Crippen molar-refractivity contribution < 1.29 is 29.4 Å². The number of carboxylic acids is 2. The summed E-state index contributed by atoms with van der Waals surface area (Å²) in [5.74, 6) is -2.79. The van der Waals surface area contributed by atoms with Crippen molar-refractivity contribution in [1.29, 1.82) is 0 Å². The fourth-order valence-electron chi connectivity index (χ4n) is 4.74. The molecule has 0 aromatic carbocycles. The highest BCUT2D eigenvalue weighted by molar-refractivity contribution is 7.17. The Morgan fingerprint density at radius 3 is 2.03 bits per heavy atom. The van der Waals surface area contributed by atoms with Gasteiger partial charge in [0.2, 0.25) is 11.8 Å². The summed E-state index contributed by atoms with van der Waals surface area (Å²) in [6, 6.07) is 0. The van der Waals surface area contributed by atoms with Crippen molar-refractivity contribution >= 4 is 51.4 Å². The third kappa shape index (κ3) is 4.81. The number of anilines is 1. The maximum absolute atomic E-state index is 12.7. The summed E-state index contributed by atoms with van der Waals surface area (Å²) in [6.07, 6.45) is 4.86. The fraction of sp³-hybridized carbons (Fsp3) is 0.478. The minimum absolute atomic E-state index is 0.0485. The standard InChI is InChI=1S/C23H26N2O6S2/c1-23(2,10-17(27)24-20-19(22(30)31)12-6-4-8-14(12)33-20)25-16(26)9-15-18(21(28)29)11-5-3-7-13(11)32-15/h3-10H2,1-2H3,(H,24,27)(H,25,26)(H,28,29)(H,30,31). The summed E-state index contributed by atoms with van der Waals surface area (Å²) in [5, 5.41) is 25.1. The molecule has 2 aliphatic rings. The van der Waals surface area contributed by atoms with Crippen LogP contribution in [0.2, 0.25) is 0 Å². The summed E-state index contributed by atoms with van der Waals surface area (Å²) in [5.41, 5.74) is 1.20. The lowest BCUT2D eigenvalue weighted by molar-refractivity contribution is -0.123. The molecule has 2 amide bonds. The molecule has 0 saturated carbocycles. The molecule has 0 atom stereocenters. The first-order valence-corrected chi connectivity index (χ1v) is 12.5. The average molecular weight is 491 g/mol. The van der Waals surface area contributed by atoms with E-state index in [4.69, 9.17) is 0 Å².